The number of alkyl halides is 3. The Kier molecular flexibility index (Phi) is 4.36. The molecule has 6 heteroatoms. The van der Waals surface area contributed by atoms with Crippen molar-refractivity contribution in [3.63, 3.8) is 0 Å². The van der Waals surface area contributed by atoms with E-state index in [1.807, 2.05) is 11.8 Å². The molecule has 0 aliphatic carbocycles. The Labute approximate surface area is 86.8 Å². The Morgan fingerprint density at radius 1 is 1.47 bits per heavy atom. The van der Waals surface area contributed by atoms with E-state index in [0.717, 1.165) is 0 Å². The first-order valence-corrected chi connectivity index (χ1v) is 4.99. The van der Waals surface area contributed by atoms with Crippen LogP contribution in [0.4, 0.5) is 13.2 Å². The molecule has 1 heterocycles. The topological polar surface area (TPSA) is 32.7 Å². The summed E-state index contributed by atoms with van der Waals surface area (Å²) in [5.74, 6) is 0.115. The number of nitrogens with zero attached hydrogens (tertiary/aromatic N) is 1. The van der Waals surface area contributed by atoms with Crippen molar-refractivity contribution in [3.05, 3.63) is 0 Å². The van der Waals surface area contributed by atoms with Gasteiger partial charge in [-0.15, -0.1) is 13.2 Å². The van der Waals surface area contributed by atoms with E-state index in [1.54, 1.807) is 0 Å². The molecular formula is C9H16F3NO2. The van der Waals surface area contributed by atoms with Gasteiger partial charge in [-0.05, 0) is 12.3 Å². The summed E-state index contributed by atoms with van der Waals surface area (Å²) in [6, 6.07) is 0. The number of rotatable bonds is 3. The monoisotopic (exact) mass is 227 g/mol. The van der Waals surface area contributed by atoms with Gasteiger partial charge >= 0.3 is 6.36 Å². The van der Waals surface area contributed by atoms with Crippen LogP contribution < -0.4 is 0 Å². The maximum Gasteiger partial charge on any atom is 0.522 e. The van der Waals surface area contributed by atoms with Crippen molar-refractivity contribution >= 4 is 0 Å². The SMILES string of the molecule is CC1CN(CCOC(F)(F)F)CCC1O. The van der Waals surface area contributed by atoms with Crippen molar-refractivity contribution in [1.82, 2.24) is 4.90 Å². The molecule has 1 N–H and O–H groups in total. The lowest BCUT2D eigenvalue weighted by atomic mass is 9.97. The molecule has 0 bridgehead atoms. The molecule has 0 aromatic heterocycles. The summed E-state index contributed by atoms with van der Waals surface area (Å²) in [5.41, 5.74) is 0. The smallest absolute Gasteiger partial charge is 0.393 e. The van der Waals surface area contributed by atoms with Gasteiger partial charge in [0.1, 0.15) is 0 Å². The summed E-state index contributed by atoms with van der Waals surface area (Å²) in [7, 11) is 0. The van der Waals surface area contributed by atoms with Gasteiger partial charge in [0.25, 0.3) is 0 Å². The molecule has 0 aromatic carbocycles. The highest BCUT2D eigenvalue weighted by atomic mass is 19.4. The fourth-order valence-corrected chi connectivity index (χ4v) is 1.71. The molecule has 0 amide bonds. The summed E-state index contributed by atoms with van der Waals surface area (Å²) >= 11 is 0. The summed E-state index contributed by atoms with van der Waals surface area (Å²) in [4.78, 5) is 1.88. The summed E-state index contributed by atoms with van der Waals surface area (Å²) in [6.45, 7) is 3.07. The molecule has 1 rings (SSSR count). The van der Waals surface area contributed by atoms with Crippen molar-refractivity contribution in [3.8, 4) is 0 Å². The van der Waals surface area contributed by atoms with Gasteiger partial charge in [-0.3, -0.25) is 4.74 Å². The van der Waals surface area contributed by atoms with Gasteiger partial charge < -0.3 is 10.0 Å². The zero-order chi connectivity index (χ0) is 11.5. The number of piperidine rings is 1. The number of aliphatic hydroxyl groups excluding tert-OH is 1. The molecule has 90 valence electrons. The van der Waals surface area contributed by atoms with Crippen molar-refractivity contribution in [1.29, 1.82) is 0 Å². The van der Waals surface area contributed by atoms with E-state index in [0.29, 0.717) is 19.5 Å². The minimum atomic E-state index is -4.54. The molecule has 2 unspecified atom stereocenters. The Hall–Kier alpha value is -0.330. The van der Waals surface area contributed by atoms with Crippen molar-refractivity contribution in [2.75, 3.05) is 26.2 Å². The van der Waals surface area contributed by atoms with Crippen molar-refractivity contribution in [2.24, 2.45) is 5.92 Å². The Morgan fingerprint density at radius 2 is 2.13 bits per heavy atom. The lowest BCUT2D eigenvalue weighted by molar-refractivity contribution is -0.325. The Balaban J connectivity index is 2.17. The number of hydrogen-bond donors (Lipinski definition) is 1. The van der Waals surface area contributed by atoms with E-state index in [9.17, 15) is 18.3 Å². The third kappa shape index (κ3) is 4.81. The fraction of sp³-hybridized carbons (Fsp3) is 1.00. The van der Waals surface area contributed by atoms with Gasteiger partial charge in [-0.1, -0.05) is 6.92 Å². The fourth-order valence-electron chi connectivity index (χ4n) is 1.71. The highest BCUT2D eigenvalue weighted by Crippen LogP contribution is 2.18. The molecular weight excluding hydrogens is 211 g/mol. The van der Waals surface area contributed by atoms with Gasteiger partial charge in [0.15, 0.2) is 0 Å². The Bertz CT molecular complexity index is 198. The second-order valence-electron chi connectivity index (χ2n) is 3.93. The molecule has 1 fully saturated rings. The molecule has 3 nitrogen and oxygen atoms in total. The second-order valence-corrected chi connectivity index (χ2v) is 3.93. The molecule has 1 saturated heterocycles. The van der Waals surface area contributed by atoms with Crippen molar-refractivity contribution in [2.45, 2.75) is 25.8 Å². The van der Waals surface area contributed by atoms with E-state index >= 15 is 0 Å². The predicted octanol–water partition coefficient (Wildman–Crippen LogP) is 1.23. The van der Waals surface area contributed by atoms with Crippen LogP contribution in [0, 0.1) is 5.92 Å². The van der Waals surface area contributed by atoms with Crippen LogP contribution in [0.3, 0.4) is 0 Å². The molecule has 2 atom stereocenters. The molecule has 0 saturated carbocycles. The van der Waals surface area contributed by atoms with E-state index in [1.165, 1.54) is 0 Å². The lowest BCUT2D eigenvalue weighted by Crippen LogP contribution is -2.43. The van der Waals surface area contributed by atoms with E-state index in [2.05, 4.69) is 4.74 Å². The van der Waals surface area contributed by atoms with Crippen LogP contribution in [0.15, 0.2) is 0 Å². The first kappa shape index (κ1) is 12.7. The van der Waals surface area contributed by atoms with Gasteiger partial charge in [0, 0.05) is 19.6 Å². The first-order valence-electron chi connectivity index (χ1n) is 4.99. The minimum Gasteiger partial charge on any atom is -0.393 e. The number of likely N-dealkylation sites (tertiary alicyclic amines) is 1. The van der Waals surface area contributed by atoms with Crippen LogP contribution in [0.25, 0.3) is 0 Å². The first-order chi connectivity index (χ1) is 6.88. The van der Waals surface area contributed by atoms with Crippen LogP contribution >= 0.6 is 0 Å². The largest absolute Gasteiger partial charge is 0.522 e. The normalized spacial score (nSPS) is 29.4. The predicted molar refractivity (Wildman–Crippen MR) is 48.2 cm³/mol. The molecule has 0 radical (unpaired) electrons. The van der Waals surface area contributed by atoms with E-state index in [-0.39, 0.29) is 25.2 Å². The maximum atomic E-state index is 11.7. The third-order valence-corrected chi connectivity index (χ3v) is 2.62. The Morgan fingerprint density at radius 3 is 2.67 bits per heavy atom. The average molecular weight is 227 g/mol. The zero-order valence-electron chi connectivity index (χ0n) is 8.63. The molecule has 0 spiro atoms. The molecule has 1 aliphatic rings. The molecule has 15 heavy (non-hydrogen) atoms. The summed E-state index contributed by atoms with van der Waals surface area (Å²) < 4.78 is 38.7. The van der Waals surface area contributed by atoms with Crippen LogP contribution in [-0.4, -0.2) is 48.7 Å². The van der Waals surface area contributed by atoms with Crippen LogP contribution in [0.2, 0.25) is 0 Å². The zero-order valence-corrected chi connectivity index (χ0v) is 8.63. The molecule has 1 aliphatic heterocycles. The third-order valence-electron chi connectivity index (χ3n) is 2.62. The van der Waals surface area contributed by atoms with E-state index in [4.69, 9.17) is 0 Å². The number of ether oxygens (including phenoxy) is 1. The van der Waals surface area contributed by atoms with Crippen LogP contribution in [-0.2, 0) is 4.74 Å². The highest BCUT2D eigenvalue weighted by molar-refractivity contribution is 4.76. The van der Waals surface area contributed by atoms with Gasteiger partial charge in [-0.25, -0.2) is 0 Å². The number of hydrogen-bond acceptors (Lipinski definition) is 3. The quantitative estimate of drug-likeness (QED) is 0.787. The standard InChI is InChI=1S/C9H16F3NO2/c1-7-6-13(3-2-8(7)14)4-5-15-9(10,11)12/h7-8,14H,2-6H2,1H3. The maximum absolute atomic E-state index is 11.7. The highest BCUT2D eigenvalue weighted by Gasteiger charge is 2.30. The van der Waals surface area contributed by atoms with Crippen LogP contribution in [0.1, 0.15) is 13.3 Å². The average Bonchev–Trinajstić information content (AvgIpc) is 2.09. The van der Waals surface area contributed by atoms with Gasteiger partial charge in [-0.2, -0.15) is 0 Å². The van der Waals surface area contributed by atoms with E-state index < -0.39 is 6.36 Å². The summed E-state index contributed by atoms with van der Waals surface area (Å²) in [5, 5.41) is 9.41. The van der Waals surface area contributed by atoms with Crippen LogP contribution in [0.5, 0.6) is 0 Å². The minimum absolute atomic E-state index is 0.115. The van der Waals surface area contributed by atoms with Gasteiger partial charge in [0.05, 0.1) is 12.7 Å². The molecule has 0 aromatic rings. The second kappa shape index (κ2) is 5.14. The lowest BCUT2D eigenvalue weighted by Gasteiger charge is -2.34. The van der Waals surface area contributed by atoms with Crippen molar-refractivity contribution < 1.29 is 23.0 Å². The number of aliphatic hydroxyl groups is 1. The summed E-state index contributed by atoms with van der Waals surface area (Å²) in [6.07, 6.45) is -4.25. The van der Waals surface area contributed by atoms with Gasteiger partial charge in [0.2, 0.25) is 0 Å². The number of halogens is 3.